The van der Waals surface area contributed by atoms with Crippen LogP contribution < -0.4 is 5.32 Å². The minimum atomic E-state index is -1.06. The summed E-state index contributed by atoms with van der Waals surface area (Å²) >= 11 is 5.91. The first-order chi connectivity index (χ1) is 9.15. The van der Waals surface area contributed by atoms with Gasteiger partial charge in [-0.25, -0.2) is 9.97 Å². The van der Waals surface area contributed by atoms with Crippen LogP contribution in [-0.2, 0) is 4.79 Å². The molecule has 1 aromatic heterocycles. The quantitative estimate of drug-likeness (QED) is 0.868. The predicted molar refractivity (Wildman–Crippen MR) is 74.9 cm³/mol. The van der Waals surface area contributed by atoms with Gasteiger partial charge < -0.3 is 10.4 Å². The molecule has 1 rings (SSSR count). The van der Waals surface area contributed by atoms with E-state index in [0.717, 1.165) is 0 Å². The topological polar surface area (TPSA) is 92.2 Å². The van der Waals surface area contributed by atoms with Gasteiger partial charge in [-0.15, -0.1) is 0 Å². The van der Waals surface area contributed by atoms with Crippen molar-refractivity contribution in [1.29, 1.82) is 0 Å². The Balaban J connectivity index is 2.88. The second kappa shape index (κ2) is 6.17. The number of aromatic nitrogens is 2. The van der Waals surface area contributed by atoms with E-state index in [0.29, 0.717) is 5.82 Å². The minimum absolute atomic E-state index is 0.0154. The number of carbonyl (C=O) groups is 2. The Kier molecular flexibility index (Phi) is 5.05. The number of carbonyl (C=O) groups excluding carboxylic acids is 1. The molecule has 0 aromatic carbocycles. The summed E-state index contributed by atoms with van der Waals surface area (Å²) in [5.41, 5.74) is -0.998. The number of carboxylic acid groups (broad SMARTS) is 1. The first kappa shape index (κ1) is 16.4. The zero-order chi connectivity index (χ0) is 15.5. The highest BCUT2D eigenvalue weighted by atomic mass is 35.5. The first-order valence-electron chi connectivity index (χ1n) is 6.19. The molecule has 0 saturated carbocycles. The van der Waals surface area contributed by atoms with Gasteiger partial charge in [0.2, 0.25) is 0 Å². The van der Waals surface area contributed by atoms with Crippen molar-refractivity contribution in [2.24, 2.45) is 5.41 Å². The largest absolute Gasteiger partial charge is 0.481 e. The van der Waals surface area contributed by atoms with Gasteiger partial charge in [0.05, 0.1) is 16.6 Å². The number of hydrogen-bond acceptors (Lipinski definition) is 4. The van der Waals surface area contributed by atoms with E-state index in [1.54, 1.807) is 0 Å². The third-order valence-corrected chi connectivity index (χ3v) is 3.04. The fraction of sp³-hybridized carbons (Fsp3) is 0.538. The Hall–Kier alpha value is -1.69. The summed E-state index contributed by atoms with van der Waals surface area (Å²) < 4.78 is 0. The number of rotatable bonds is 5. The molecule has 20 heavy (non-hydrogen) atoms. The van der Waals surface area contributed by atoms with Crippen LogP contribution >= 0.6 is 11.6 Å². The summed E-state index contributed by atoms with van der Waals surface area (Å²) in [7, 11) is 0. The highest BCUT2D eigenvalue weighted by molar-refractivity contribution is 6.33. The van der Waals surface area contributed by atoms with Crippen molar-refractivity contribution in [3.05, 3.63) is 22.7 Å². The molecule has 1 amide bonds. The van der Waals surface area contributed by atoms with Crippen molar-refractivity contribution >= 4 is 23.5 Å². The van der Waals surface area contributed by atoms with E-state index in [-0.39, 0.29) is 23.2 Å². The maximum atomic E-state index is 12.0. The van der Waals surface area contributed by atoms with Crippen LogP contribution in [0, 0.1) is 5.41 Å². The Labute approximate surface area is 122 Å². The average Bonchev–Trinajstić information content (AvgIpc) is 2.36. The molecule has 0 atom stereocenters. The van der Waals surface area contributed by atoms with Crippen LogP contribution in [0.2, 0.25) is 5.02 Å². The standard InChI is InChI=1S/C13H18ClN3O3/c1-7(2)10-15-5-8(14)9(17-10)11(18)16-6-13(3,4)12(19)20/h5,7H,6H2,1-4H3,(H,16,18)(H,19,20). The molecule has 0 saturated heterocycles. The first-order valence-corrected chi connectivity index (χ1v) is 6.57. The van der Waals surface area contributed by atoms with Crippen LogP contribution in [0.1, 0.15) is 49.9 Å². The third kappa shape index (κ3) is 3.90. The van der Waals surface area contributed by atoms with Crippen molar-refractivity contribution in [2.75, 3.05) is 6.54 Å². The molecule has 0 radical (unpaired) electrons. The lowest BCUT2D eigenvalue weighted by Gasteiger charge is -2.19. The normalized spacial score (nSPS) is 11.5. The van der Waals surface area contributed by atoms with Gasteiger partial charge >= 0.3 is 5.97 Å². The van der Waals surface area contributed by atoms with Crippen LogP contribution in [0.4, 0.5) is 0 Å². The smallest absolute Gasteiger partial charge is 0.310 e. The third-order valence-electron chi connectivity index (χ3n) is 2.76. The highest BCUT2D eigenvalue weighted by Crippen LogP contribution is 2.17. The van der Waals surface area contributed by atoms with Gasteiger partial charge in [0.25, 0.3) is 5.91 Å². The number of halogens is 1. The minimum Gasteiger partial charge on any atom is -0.481 e. The monoisotopic (exact) mass is 299 g/mol. The molecule has 2 N–H and O–H groups in total. The summed E-state index contributed by atoms with van der Waals surface area (Å²) in [5.74, 6) is -0.922. The van der Waals surface area contributed by atoms with Crippen LogP contribution in [-0.4, -0.2) is 33.5 Å². The molecule has 0 spiro atoms. The Morgan fingerprint density at radius 1 is 1.45 bits per heavy atom. The second-order valence-electron chi connectivity index (χ2n) is 5.45. The summed E-state index contributed by atoms with van der Waals surface area (Å²) in [6.45, 7) is 6.84. The van der Waals surface area contributed by atoms with E-state index in [2.05, 4.69) is 15.3 Å². The van der Waals surface area contributed by atoms with Gasteiger partial charge in [0, 0.05) is 12.5 Å². The molecule has 0 fully saturated rings. The maximum Gasteiger partial charge on any atom is 0.310 e. The summed E-state index contributed by atoms with van der Waals surface area (Å²) in [6.07, 6.45) is 1.38. The van der Waals surface area contributed by atoms with E-state index >= 15 is 0 Å². The average molecular weight is 300 g/mol. The van der Waals surface area contributed by atoms with E-state index < -0.39 is 17.3 Å². The van der Waals surface area contributed by atoms with Gasteiger partial charge in [0.15, 0.2) is 0 Å². The molecule has 7 heteroatoms. The molecule has 0 aliphatic rings. The molecule has 1 heterocycles. The van der Waals surface area contributed by atoms with Crippen molar-refractivity contribution in [3.8, 4) is 0 Å². The molecule has 6 nitrogen and oxygen atoms in total. The van der Waals surface area contributed by atoms with Crippen LogP contribution in [0.5, 0.6) is 0 Å². The van der Waals surface area contributed by atoms with Gasteiger partial charge in [0.1, 0.15) is 11.5 Å². The Bertz CT molecular complexity index is 530. The van der Waals surface area contributed by atoms with Crippen LogP contribution in [0.15, 0.2) is 6.20 Å². The van der Waals surface area contributed by atoms with E-state index in [1.807, 2.05) is 13.8 Å². The number of amides is 1. The molecule has 1 aromatic rings. The maximum absolute atomic E-state index is 12.0. The van der Waals surface area contributed by atoms with Crippen molar-refractivity contribution in [2.45, 2.75) is 33.6 Å². The number of aliphatic carboxylic acids is 1. The molecular formula is C13H18ClN3O3. The van der Waals surface area contributed by atoms with Crippen LogP contribution in [0.3, 0.4) is 0 Å². The van der Waals surface area contributed by atoms with Crippen LogP contribution in [0.25, 0.3) is 0 Å². The fourth-order valence-corrected chi connectivity index (χ4v) is 1.46. The molecular weight excluding hydrogens is 282 g/mol. The van der Waals surface area contributed by atoms with Crippen molar-refractivity contribution in [3.63, 3.8) is 0 Å². The number of nitrogens with one attached hydrogen (secondary N) is 1. The lowest BCUT2D eigenvalue weighted by molar-refractivity contribution is -0.146. The molecule has 0 bridgehead atoms. The molecule has 0 unspecified atom stereocenters. The molecule has 110 valence electrons. The second-order valence-corrected chi connectivity index (χ2v) is 5.86. The summed E-state index contributed by atoms with van der Waals surface area (Å²) in [6, 6.07) is 0. The van der Waals surface area contributed by atoms with E-state index in [4.69, 9.17) is 16.7 Å². The Morgan fingerprint density at radius 2 is 2.05 bits per heavy atom. The Morgan fingerprint density at radius 3 is 2.55 bits per heavy atom. The van der Waals surface area contributed by atoms with Gasteiger partial charge in [-0.1, -0.05) is 25.4 Å². The van der Waals surface area contributed by atoms with Gasteiger partial charge in [-0.2, -0.15) is 0 Å². The molecule has 0 aliphatic heterocycles. The lowest BCUT2D eigenvalue weighted by atomic mass is 9.94. The zero-order valence-corrected chi connectivity index (χ0v) is 12.7. The van der Waals surface area contributed by atoms with Gasteiger partial charge in [-0.3, -0.25) is 9.59 Å². The fourth-order valence-electron chi connectivity index (χ4n) is 1.28. The number of hydrogen-bond donors (Lipinski definition) is 2. The summed E-state index contributed by atoms with van der Waals surface area (Å²) in [4.78, 5) is 31.2. The predicted octanol–water partition coefficient (Wildman–Crippen LogP) is 2.09. The van der Waals surface area contributed by atoms with E-state index in [1.165, 1.54) is 20.0 Å². The highest BCUT2D eigenvalue weighted by Gasteiger charge is 2.28. The molecule has 0 aliphatic carbocycles. The van der Waals surface area contributed by atoms with Crippen molar-refractivity contribution in [1.82, 2.24) is 15.3 Å². The number of nitrogens with zero attached hydrogens (tertiary/aromatic N) is 2. The zero-order valence-electron chi connectivity index (χ0n) is 11.9. The number of carboxylic acids is 1. The SMILES string of the molecule is CC(C)c1ncc(Cl)c(C(=O)NCC(C)(C)C(=O)O)n1. The summed E-state index contributed by atoms with van der Waals surface area (Å²) in [5, 5.41) is 11.7. The van der Waals surface area contributed by atoms with Crippen molar-refractivity contribution < 1.29 is 14.7 Å². The van der Waals surface area contributed by atoms with E-state index in [9.17, 15) is 9.59 Å². The lowest BCUT2D eigenvalue weighted by Crippen LogP contribution is -2.39. The van der Waals surface area contributed by atoms with Gasteiger partial charge in [-0.05, 0) is 13.8 Å².